The van der Waals surface area contributed by atoms with E-state index in [1.165, 1.54) is 24.9 Å². The van der Waals surface area contributed by atoms with E-state index >= 15 is 0 Å². The summed E-state index contributed by atoms with van der Waals surface area (Å²) in [6, 6.07) is 7.84. The monoisotopic (exact) mass is 286 g/mol. The number of carbonyl (C=O) groups is 1. The molecule has 1 aliphatic rings. The molecule has 0 unspecified atom stereocenters. The molecular weight excluding hydrogens is 268 g/mol. The highest BCUT2D eigenvalue weighted by atomic mass is 16.4. The van der Waals surface area contributed by atoms with Crippen molar-refractivity contribution < 1.29 is 9.21 Å². The van der Waals surface area contributed by atoms with Crippen molar-refractivity contribution in [2.45, 2.75) is 26.2 Å². The molecule has 0 aliphatic carbocycles. The molecule has 0 saturated carbocycles. The second-order valence-corrected chi connectivity index (χ2v) is 5.17. The molecule has 6 heteroatoms. The van der Waals surface area contributed by atoms with Crippen LogP contribution in [-0.2, 0) is 0 Å². The summed E-state index contributed by atoms with van der Waals surface area (Å²) in [5, 5.41) is 10.1. The number of amides is 1. The van der Waals surface area contributed by atoms with Crippen molar-refractivity contribution >= 4 is 17.3 Å². The summed E-state index contributed by atoms with van der Waals surface area (Å²) in [4.78, 5) is 14.3. The highest BCUT2D eigenvalue weighted by Gasteiger charge is 2.14. The summed E-state index contributed by atoms with van der Waals surface area (Å²) in [5.41, 5.74) is 1.91. The average molecular weight is 286 g/mol. The number of benzene rings is 1. The number of hydrogen-bond donors (Lipinski definition) is 1. The Bertz CT molecular complexity index is 615. The average Bonchev–Trinajstić information content (AvgIpc) is 2.96. The van der Waals surface area contributed by atoms with Gasteiger partial charge in [0.2, 0.25) is 5.89 Å². The molecule has 0 atom stereocenters. The topological polar surface area (TPSA) is 71.3 Å². The molecule has 2 heterocycles. The summed E-state index contributed by atoms with van der Waals surface area (Å²) >= 11 is 0. The van der Waals surface area contributed by atoms with Crippen LogP contribution < -0.4 is 10.2 Å². The van der Waals surface area contributed by atoms with E-state index in [0.29, 0.717) is 5.89 Å². The van der Waals surface area contributed by atoms with Crippen molar-refractivity contribution in [1.29, 1.82) is 0 Å². The SMILES string of the molecule is Cc1nnc(C(=O)Nc2ccc(N3CCCCC3)cc2)o1. The fourth-order valence-corrected chi connectivity index (χ4v) is 2.48. The molecule has 1 amide bonds. The molecule has 1 aliphatic heterocycles. The van der Waals surface area contributed by atoms with Crippen molar-refractivity contribution in [2.75, 3.05) is 23.3 Å². The molecule has 0 spiro atoms. The van der Waals surface area contributed by atoms with Crippen LogP contribution in [0.4, 0.5) is 11.4 Å². The first-order valence-corrected chi connectivity index (χ1v) is 7.19. The van der Waals surface area contributed by atoms with Gasteiger partial charge in [-0.15, -0.1) is 10.2 Å². The first-order chi connectivity index (χ1) is 10.2. The van der Waals surface area contributed by atoms with Gasteiger partial charge in [-0.1, -0.05) is 0 Å². The minimum absolute atomic E-state index is 0.0207. The van der Waals surface area contributed by atoms with Crippen LogP contribution in [0.2, 0.25) is 0 Å². The number of rotatable bonds is 3. The first-order valence-electron chi connectivity index (χ1n) is 7.19. The van der Waals surface area contributed by atoms with E-state index in [1.54, 1.807) is 6.92 Å². The predicted octanol–water partition coefficient (Wildman–Crippen LogP) is 2.62. The molecule has 1 N–H and O–H groups in total. The van der Waals surface area contributed by atoms with E-state index in [-0.39, 0.29) is 11.8 Å². The van der Waals surface area contributed by atoms with Crippen LogP contribution in [0.25, 0.3) is 0 Å². The zero-order chi connectivity index (χ0) is 14.7. The van der Waals surface area contributed by atoms with Gasteiger partial charge in [-0.3, -0.25) is 4.79 Å². The number of hydrogen-bond acceptors (Lipinski definition) is 5. The third-order valence-corrected chi connectivity index (χ3v) is 3.57. The van der Waals surface area contributed by atoms with Gasteiger partial charge in [0.25, 0.3) is 0 Å². The summed E-state index contributed by atoms with van der Waals surface area (Å²) < 4.78 is 5.09. The fraction of sp³-hybridized carbons (Fsp3) is 0.400. The number of piperidine rings is 1. The first kappa shape index (κ1) is 13.6. The van der Waals surface area contributed by atoms with E-state index < -0.39 is 0 Å². The van der Waals surface area contributed by atoms with Gasteiger partial charge in [0, 0.05) is 31.4 Å². The Labute approximate surface area is 123 Å². The van der Waals surface area contributed by atoms with E-state index in [9.17, 15) is 4.79 Å². The van der Waals surface area contributed by atoms with Gasteiger partial charge in [-0.25, -0.2) is 0 Å². The van der Waals surface area contributed by atoms with Crippen molar-refractivity contribution in [3.8, 4) is 0 Å². The molecule has 0 radical (unpaired) electrons. The third kappa shape index (κ3) is 3.21. The maximum absolute atomic E-state index is 11.9. The molecule has 1 fully saturated rings. The van der Waals surface area contributed by atoms with Crippen LogP contribution in [0.5, 0.6) is 0 Å². The number of aryl methyl sites for hydroxylation is 1. The molecule has 3 rings (SSSR count). The van der Waals surface area contributed by atoms with Crippen molar-refractivity contribution in [2.24, 2.45) is 0 Å². The van der Waals surface area contributed by atoms with E-state index in [4.69, 9.17) is 4.42 Å². The second-order valence-electron chi connectivity index (χ2n) is 5.17. The fourth-order valence-electron chi connectivity index (χ4n) is 2.48. The molecule has 2 aromatic rings. The van der Waals surface area contributed by atoms with Crippen molar-refractivity contribution in [1.82, 2.24) is 10.2 Å². The Morgan fingerprint density at radius 2 is 1.86 bits per heavy atom. The molecule has 6 nitrogen and oxygen atoms in total. The van der Waals surface area contributed by atoms with E-state index in [1.807, 2.05) is 24.3 Å². The Hall–Kier alpha value is -2.37. The minimum Gasteiger partial charge on any atom is -0.417 e. The van der Waals surface area contributed by atoms with Gasteiger partial charge in [-0.2, -0.15) is 0 Å². The van der Waals surface area contributed by atoms with Gasteiger partial charge in [0.15, 0.2) is 0 Å². The zero-order valence-electron chi connectivity index (χ0n) is 12.0. The van der Waals surface area contributed by atoms with Gasteiger partial charge >= 0.3 is 11.8 Å². The zero-order valence-corrected chi connectivity index (χ0v) is 12.0. The Kier molecular flexibility index (Phi) is 3.85. The molecular formula is C15H18N4O2. The molecule has 1 saturated heterocycles. The largest absolute Gasteiger partial charge is 0.417 e. The predicted molar refractivity (Wildman–Crippen MR) is 79.5 cm³/mol. The Morgan fingerprint density at radius 3 is 2.48 bits per heavy atom. The molecule has 1 aromatic heterocycles. The number of anilines is 2. The summed E-state index contributed by atoms with van der Waals surface area (Å²) in [5.74, 6) is -0.0328. The number of aromatic nitrogens is 2. The lowest BCUT2D eigenvalue weighted by atomic mass is 10.1. The molecule has 21 heavy (non-hydrogen) atoms. The van der Waals surface area contributed by atoms with Gasteiger partial charge in [0.1, 0.15) is 0 Å². The van der Waals surface area contributed by atoms with Crippen LogP contribution >= 0.6 is 0 Å². The van der Waals surface area contributed by atoms with Gasteiger partial charge in [0.05, 0.1) is 0 Å². The Morgan fingerprint density at radius 1 is 1.14 bits per heavy atom. The van der Waals surface area contributed by atoms with Crippen LogP contribution in [-0.4, -0.2) is 29.2 Å². The highest BCUT2D eigenvalue weighted by molar-refractivity contribution is 6.00. The number of nitrogens with zero attached hydrogens (tertiary/aromatic N) is 3. The van der Waals surface area contributed by atoms with Crippen LogP contribution in [0, 0.1) is 6.92 Å². The lowest BCUT2D eigenvalue weighted by molar-refractivity contribution is 0.0989. The van der Waals surface area contributed by atoms with Gasteiger partial charge < -0.3 is 14.6 Å². The normalized spacial score (nSPS) is 15.0. The van der Waals surface area contributed by atoms with Gasteiger partial charge in [-0.05, 0) is 43.5 Å². The van der Waals surface area contributed by atoms with E-state index in [2.05, 4.69) is 20.4 Å². The number of carbonyl (C=O) groups excluding carboxylic acids is 1. The molecule has 110 valence electrons. The summed E-state index contributed by atoms with van der Waals surface area (Å²) in [6.45, 7) is 3.86. The lowest BCUT2D eigenvalue weighted by Gasteiger charge is -2.28. The van der Waals surface area contributed by atoms with Crippen LogP contribution in [0.1, 0.15) is 35.8 Å². The molecule has 0 bridgehead atoms. The minimum atomic E-state index is -0.388. The van der Waals surface area contributed by atoms with Crippen molar-refractivity contribution in [3.63, 3.8) is 0 Å². The second kappa shape index (κ2) is 5.95. The quantitative estimate of drug-likeness (QED) is 0.939. The number of nitrogens with one attached hydrogen (secondary N) is 1. The molecule has 1 aromatic carbocycles. The third-order valence-electron chi connectivity index (χ3n) is 3.57. The summed E-state index contributed by atoms with van der Waals surface area (Å²) in [6.07, 6.45) is 3.80. The maximum Gasteiger partial charge on any atom is 0.313 e. The van der Waals surface area contributed by atoms with Crippen LogP contribution in [0.15, 0.2) is 28.7 Å². The van der Waals surface area contributed by atoms with Crippen molar-refractivity contribution in [3.05, 3.63) is 36.0 Å². The maximum atomic E-state index is 11.9. The van der Waals surface area contributed by atoms with E-state index in [0.717, 1.165) is 18.8 Å². The smallest absolute Gasteiger partial charge is 0.313 e. The van der Waals surface area contributed by atoms with Crippen LogP contribution in [0.3, 0.4) is 0 Å². The lowest BCUT2D eigenvalue weighted by Crippen LogP contribution is -2.29. The standard InChI is InChI=1S/C15H18N4O2/c1-11-17-18-15(21-11)14(20)16-12-5-7-13(8-6-12)19-9-3-2-4-10-19/h5-8H,2-4,9-10H2,1H3,(H,16,20). The summed E-state index contributed by atoms with van der Waals surface area (Å²) in [7, 11) is 0. The highest BCUT2D eigenvalue weighted by Crippen LogP contribution is 2.22. The Balaban J connectivity index is 1.65.